The summed E-state index contributed by atoms with van der Waals surface area (Å²) in [6.45, 7) is 0.817. The second-order valence-corrected chi connectivity index (χ2v) is 6.46. The molecule has 0 saturated heterocycles. The van der Waals surface area contributed by atoms with E-state index in [1.807, 2.05) is 12.1 Å². The lowest BCUT2D eigenvalue weighted by molar-refractivity contribution is -0.113. The third kappa shape index (κ3) is 6.40. The Hall–Kier alpha value is -1.20. The number of amides is 1. The van der Waals surface area contributed by atoms with E-state index in [1.165, 1.54) is 25.7 Å². The van der Waals surface area contributed by atoms with Crippen LogP contribution in [0, 0.1) is 0 Å². The molecular formula is C16H24N2O2S. The Labute approximate surface area is 130 Å². The zero-order valence-corrected chi connectivity index (χ0v) is 13.2. The summed E-state index contributed by atoms with van der Waals surface area (Å²) in [5.41, 5.74) is 7.09. The monoisotopic (exact) mass is 308 g/mol. The zero-order valence-electron chi connectivity index (χ0n) is 12.3. The highest BCUT2D eigenvalue weighted by molar-refractivity contribution is 7.99. The van der Waals surface area contributed by atoms with Crippen molar-refractivity contribution in [2.45, 2.75) is 38.2 Å². The predicted molar refractivity (Wildman–Crippen MR) is 89.6 cm³/mol. The second kappa shape index (κ2) is 8.95. The van der Waals surface area contributed by atoms with E-state index in [0.717, 1.165) is 24.5 Å². The molecule has 0 atom stereocenters. The third-order valence-electron chi connectivity index (χ3n) is 3.52. The molecule has 0 spiro atoms. The molecule has 0 radical (unpaired) electrons. The van der Waals surface area contributed by atoms with Gasteiger partial charge >= 0.3 is 0 Å². The first-order valence-corrected chi connectivity index (χ1v) is 8.74. The number of hydrogen-bond acceptors (Lipinski definition) is 4. The van der Waals surface area contributed by atoms with Gasteiger partial charge in [0.05, 0.1) is 11.9 Å². The van der Waals surface area contributed by atoms with Crippen molar-refractivity contribution >= 4 is 29.0 Å². The van der Waals surface area contributed by atoms with Crippen molar-refractivity contribution < 1.29 is 9.53 Å². The van der Waals surface area contributed by atoms with Crippen LogP contribution in [0.3, 0.4) is 0 Å². The molecule has 1 fully saturated rings. The van der Waals surface area contributed by atoms with Gasteiger partial charge < -0.3 is 15.8 Å². The van der Waals surface area contributed by atoms with Gasteiger partial charge in [0.25, 0.3) is 0 Å². The number of thioether (sulfide) groups is 1. The molecule has 2 rings (SSSR count). The number of benzene rings is 1. The van der Waals surface area contributed by atoms with Crippen molar-refractivity contribution in [1.82, 2.24) is 0 Å². The Balaban J connectivity index is 1.49. The molecular weight excluding hydrogens is 284 g/mol. The molecule has 1 saturated carbocycles. The van der Waals surface area contributed by atoms with Gasteiger partial charge in [-0.05, 0) is 49.3 Å². The van der Waals surface area contributed by atoms with Crippen LogP contribution in [0.15, 0.2) is 24.3 Å². The quantitative estimate of drug-likeness (QED) is 0.571. The average molecular weight is 308 g/mol. The molecule has 116 valence electrons. The SMILES string of the molecule is Nc1ccc(NC(=O)CSCCCOC2CCCC2)cc1. The normalized spacial score (nSPS) is 15.2. The fourth-order valence-corrected chi connectivity index (χ4v) is 3.12. The lowest BCUT2D eigenvalue weighted by Crippen LogP contribution is -2.14. The lowest BCUT2D eigenvalue weighted by Gasteiger charge is -2.10. The van der Waals surface area contributed by atoms with Crippen LogP contribution < -0.4 is 11.1 Å². The highest BCUT2D eigenvalue weighted by Gasteiger charge is 2.14. The highest BCUT2D eigenvalue weighted by atomic mass is 32.2. The van der Waals surface area contributed by atoms with E-state index >= 15 is 0 Å². The summed E-state index contributed by atoms with van der Waals surface area (Å²) in [5, 5.41) is 2.86. The number of anilines is 2. The minimum atomic E-state index is 0.0292. The van der Waals surface area contributed by atoms with Crippen LogP contribution >= 0.6 is 11.8 Å². The van der Waals surface area contributed by atoms with Gasteiger partial charge in [-0.1, -0.05) is 12.8 Å². The van der Waals surface area contributed by atoms with Gasteiger partial charge in [-0.3, -0.25) is 4.79 Å². The third-order valence-corrected chi connectivity index (χ3v) is 4.56. The number of nitrogens with two attached hydrogens (primary N) is 1. The first kappa shape index (κ1) is 16.2. The summed E-state index contributed by atoms with van der Waals surface area (Å²) in [6, 6.07) is 7.19. The van der Waals surface area contributed by atoms with E-state index < -0.39 is 0 Å². The van der Waals surface area contributed by atoms with Crippen molar-refractivity contribution in [3.05, 3.63) is 24.3 Å². The number of hydrogen-bond donors (Lipinski definition) is 2. The predicted octanol–water partition coefficient (Wildman–Crippen LogP) is 3.29. The molecule has 1 amide bonds. The lowest BCUT2D eigenvalue weighted by atomic mass is 10.3. The maximum Gasteiger partial charge on any atom is 0.234 e. The maximum atomic E-state index is 11.7. The van der Waals surface area contributed by atoms with Gasteiger partial charge in [0, 0.05) is 18.0 Å². The van der Waals surface area contributed by atoms with Crippen molar-refractivity contribution in [3.63, 3.8) is 0 Å². The minimum absolute atomic E-state index is 0.0292. The van der Waals surface area contributed by atoms with Gasteiger partial charge in [0.1, 0.15) is 0 Å². The molecule has 0 aromatic heterocycles. The molecule has 1 aromatic rings. The van der Waals surface area contributed by atoms with Gasteiger partial charge in [0.2, 0.25) is 5.91 Å². The Kier molecular flexibility index (Phi) is 6.89. The Morgan fingerprint density at radius 2 is 2.00 bits per heavy atom. The molecule has 0 bridgehead atoms. The number of nitrogens with one attached hydrogen (secondary N) is 1. The first-order valence-electron chi connectivity index (χ1n) is 7.59. The number of ether oxygens (including phenoxy) is 1. The van der Waals surface area contributed by atoms with Gasteiger partial charge in [-0.2, -0.15) is 11.8 Å². The molecule has 1 aromatic carbocycles. The molecule has 0 aliphatic heterocycles. The summed E-state index contributed by atoms with van der Waals surface area (Å²) in [6.07, 6.45) is 6.56. The topological polar surface area (TPSA) is 64.3 Å². The van der Waals surface area contributed by atoms with Crippen LogP contribution in [0.1, 0.15) is 32.1 Å². The average Bonchev–Trinajstić information content (AvgIpc) is 2.98. The van der Waals surface area contributed by atoms with Crippen molar-refractivity contribution in [1.29, 1.82) is 0 Å². The molecule has 0 heterocycles. The highest BCUT2D eigenvalue weighted by Crippen LogP contribution is 2.21. The second-order valence-electron chi connectivity index (χ2n) is 5.35. The van der Waals surface area contributed by atoms with Crippen molar-refractivity contribution in [2.24, 2.45) is 0 Å². The number of carbonyl (C=O) groups is 1. The van der Waals surface area contributed by atoms with Crippen LogP contribution in [0.5, 0.6) is 0 Å². The van der Waals surface area contributed by atoms with E-state index in [1.54, 1.807) is 23.9 Å². The molecule has 3 N–H and O–H groups in total. The van der Waals surface area contributed by atoms with E-state index in [-0.39, 0.29) is 5.91 Å². The molecule has 1 aliphatic rings. The van der Waals surface area contributed by atoms with Crippen molar-refractivity contribution in [3.8, 4) is 0 Å². The fourth-order valence-electron chi connectivity index (χ4n) is 2.39. The summed E-state index contributed by atoms with van der Waals surface area (Å²) in [7, 11) is 0. The van der Waals surface area contributed by atoms with Crippen LogP contribution in [0.2, 0.25) is 0 Å². The summed E-state index contributed by atoms with van der Waals surface area (Å²) < 4.78 is 5.79. The standard InChI is InChI=1S/C16H24N2O2S/c17-13-6-8-14(9-7-13)18-16(19)12-21-11-3-10-20-15-4-1-2-5-15/h6-9,15H,1-5,10-12,17H2,(H,18,19). The Morgan fingerprint density at radius 3 is 2.71 bits per heavy atom. The van der Waals surface area contributed by atoms with Gasteiger partial charge in [-0.15, -0.1) is 0 Å². The minimum Gasteiger partial charge on any atom is -0.399 e. The van der Waals surface area contributed by atoms with Crippen LogP contribution in [0.4, 0.5) is 11.4 Å². The summed E-state index contributed by atoms with van der Waals surface area (Å²) in [4.78, 5) is 11.7. The van der Waals surface area contributed by atoms with E-state index in [4.69, 9.17) is 10.5 Å². The fraction of sp³-hybridized carbons (Fsp3) is 0.562. The van der Waals surface area contributed by atoms with Crippen molar-refractivity contribution in [2.75, 3.05) is 29.2 Å². The molecule has 1 aliphatic carbocycles. The number of carbonyl (C=O) groups excluding carboxylic acids is 1. The van der Waals surface area contributed by atoms with Gasteiger partial charge in [0.15, 0.2) is 0 Å². The van der Waals surface area contributed by atoms with E-state index in [9.17, 15) is 4.79 Å². The molecule has 21 heavy (non-hydrogen) atoms. The molecule has 5 heteroatoms. The van der Waals surface area contributed by atoms with Crippen LogP contribution in [-0.4, -0.2) is 30.1 Å². The van der Waals surface area contributed by atoms with E-state index in [2.05, 4.69) is 5.32 Å². The number of nitrogen functional groups attached to an aromatic ring is 1. The molecule has 4 nitrogen and oxygen atoms in total. The van der Waals surface area contributed by atoms with Crippen LogP contribution in [-0.2, 0) is 9.53 Å². The van der Waals surface area contributed by atoms with E-state index in [0.29, 0.717) is 17.5 Å². The van der Waals surface area contributed by atoms with Gasteiger partial charge in [-0.25, -0.2) is 0 Å². The largest absolute Gasteiger partial charge is 0.399 e. The number of rotatable bonds is 8. The van der Waals surface area contributed by atoms with Crippen LogP contribution in [0.25, 0.3) is 0 Å². The summed E-state index contributed by atoms with van der Waals surface area (Å²) in [5.74, 6) is 1.47. The summed E-state index contributed by atoms with van der Waals surface area (Å²) >= 11 is 1.65. The smallest absolute Gasteiger partial charge is 0.234 e. The first-order chi connectivity index (χ1) is 10.2. The molecule has 0 unspecified atom stereocenters. The Bertz CT molecular complexity index is 430. The maximum absolute atomic E-state index is 11.7. The Morgan fingerprint density at radius 1 is 1.29 bits per heavy atom. The zero-order chi connectivity index (χ0) is 14.9.